The molecule has 1 heterocycles. The SMILES string of the molecule is CCC(C)(CC)c1ccc(C)nn1. The molecule has 0 aliphatic heterocycles. The van der Waals surface area contributed by atoms with Crippen molar-refractivity contribution < 1.29 is 0 Å². The third-order valence-electron chi connectivity index (χ3n) is 2.98. The van der Waals surface area contributed by atoms with Gasteiger partial charge in [0.25, 0.3) is 0 Å². The highest BCUT2D eigenvalue weighted by Gasteiger charge is 2.23. The Kier molecular flexibility index (Phi) is 3.02. The highest BCUT2D eigenvalue weighted by atomic mass is 15.1. The van der Waals surface area contributed by atoms with E-state index in [0.29, 0.717) is 0 Å². The first-order valence-electron chi connectivity index (χ1n) is 4.93. The molecule has 1 rings (SSSR count). The minimum Gasteiger partial charge on any atom is -0.156 e. The van der Waals surface area contributed by atoms with Gasteiger partial charge in [-0.1, -0.05) is 20.8 Å². The van der Waals surface area contributed by atoms with Crippen LogP contribution in [0.2, 0.25) is 0 Å². The second-order valence-corrected chi connectivity index (χ2v) is 3.83. The van der Waals surface area contributed by atoms with Crippen LogP contribution in [0.15, 0.2) is 12.1 Å². The minimum atomic E-state index is 0.195. The molecule has 0 saturated heterocycles. The molecule has 0 saturated carbocycles. The van der Waals surface area contributed by atoms with Gasteiger partial charge in [-0.25, -0.2) is 0 Å². The van der Waals surface area contributed by atoms with Crippen LogP contribution in [0.25, 0.3) is 0 Å². The zero-order valence-corrected chi connectivity index (χ0v) is 8.96. The smallest absolute Gasteiger partial charge is 0.0689 e. The lowest BCUT2D eigenvalue weighted by atomic mass is 9.81. The van der Waals surface area contributed by atoms with Crippen LogP contribution >= 0.6 is 0 Å². The first-order valence-corrected chi connectivity index (χ1v) is 4.93. The highest BCUT2D eigenvalue weighted by Crippen LogP contribution is 2.28. The Bertz CT molecular complexity index is 260. The van der Waals surface area contributed by atoms with Crippen molar-refractivity contribution in [3.63, 3.8) is 0 Å². The average molecular weight is 178 g/mol. The fourth-order valence-corrected chi connectivity index (χ4v) is 1.33. The fraction of sp³-hybridized carbons (Fsp3) is 0.636. The Morgan fingerprint density at radius 1 is 1.15 bits per heavy atom. The Morgan fingerprint density at radius 2 is 1.77 bits per heavy atom. The summed E-state index contributed by atoms with van der Waals surface area (Å²) >= 11 is 0. The number of hydrogen-bond acceptors (Lipinski definition) is 2. The van der Waals surface area contributed by atoms with Gasteiger partial charge in [-0.05, 0) is 31.9 Å². The van der Waals surface area contributed by atoms with E-state index in [1.807, 2.05) is 13.0 Å². The van der Waals surface area contributed by atoms with Crippen molar-refractivity contribution in [1.82, 2.24) is 10.2 Å². The highest BCUT2D eigenvalue weighted by molar-refractivity contribution is 5.15. The maximum atomic E-state index is 4.24. The molecule has 0 bridgehead atoms. The van der Waals surface area contributed by atoms with E-state index in [2.05, 4.69) is 37.0 Å². The zero-order chi connectivity index (χ0) is 9.90. The molecule has 0 fully saturated rings. The van der Waals surface area contributed by atoms with Gasteiger partial charge >= 0.3 is 0 Å². The van der Waals surface area contributed by atoms with Crippen molar-refractivity contribution in [1.29, 1.82) is 0 Å². The average Bonchev–Trinajstić information content (AvgIpc) is 2.18. The van der Waals surface area contributed by atoms with Crippen LogP contribution in [-0.2, 0) is 5.41 Å². The van der Waals surface area contributed by atoms with Crippen LogP contribution in [0.4, 0.5) is 0 Å². The largest absolute Gasteiger partial charge is 0.156 e. The number of hydrogen-bond donors (Lipinski definition) is 0. The molecule has 0 N–H and O–H groups in total. The van der Waals surface area contributed by atoms with Crippen LogP contribution in [0.5, 0.6) is 0 Å². The van der Waals surface area contributed by atoms with Crippen LogP contribution < -0.4 is 0 Å². The molecule has 2 nitrogen and oxygen atoms in total. The molecule has 0 unspecified atom stereocenters. The monoisotopic (exact) mass is 178 g/mol. The summed E-state index contributed by atoms with van der Waals surface area (Å²) in [4.78, 5) is 0. The molecule has 2 heteroatoms. The quantitative estimate of drug-likeness (QED) is 0.711. The lowest BCUT2D eigenvalue weighted by molar-refractivity contribution is 0.421. The molecule has 0 amide bonds. The van der Waals surface area contributed by atoms with E-state index in [4.69, 9.17) is 0 Å². The summed E-state index contributed by atoms with van der Waals surface area (Å²) < 4.78 is 0. The summed E-state index contributed by atoms with van der Waals surface area (Å²) in [5, 5.41) is 8.33. The summed E-state index contributed by atoms with van der Waals surface area (Å²) in [6, 6.07) is 4.13. The number of aromatic nitrogens is 2. The Morgan fingerprint density at radius 3 is 2.15 bits per heavy atom. The van der Waals surface area contributed by atoms with E-state index < -0.39 is 0 Å². The molecule has 13 heavy (non-hydrogen) atoms. The van der Waals surface area contributed by atoms with E-state index in [1.54, 1.807) is 0 Å². The molecule has 0 atom stereocenters. The molecule has 0 aromatic carbocycles. The fourth-order valence-electron chi connectivity index (χ4n) is 1.33. The third kappa shape index (κ3) is 2.06. The Labute approximate surface area is 80.4 Å². The Balaban J connectivity index is 2.99. The predicted octanol–water partition coefficient (Wildman–Crippen LogP) is 2.86. The molecule has 1 aromatic heterocycles. The normalized spacial score (nSPS) is 11.7. The molecule has 0 spiro atoms. The molecular weight excluding hydrogens is 160 g/mol. The van der Waals surface area contributed by atoms with Gasteiger partial charge in [-0.3, -0.25) is 0 Å². The van der Waals surface area contributed by atoms with Gasteiger partial charge in [0.15, 0.2) is 0 Å². The van der Waals surface area contributed by atoms with Crippen LogP contribution in [0, 0.1) is 6.92 Å². The van der Waals surface area contributed by atoms with Crippen molar-refractivity contribution in [3.05, 3.63) is 23.5 Å². The van der Waals surface area contributed by atoms with E-state index in [1.165, 1.54) is 0 Å². The van der Waals surface area contributed by atoms with Gasteiger partial charge in [-0.2, -0.15) is 10.2 Å². The van der Waals surface area contributed by atoms with Gasteiger partial charge in [0.2, 0.25) is 0 Å². The summed E-state index contributed by atoms with van der Waals surface area (Å²) in [7, 11) is 0. The van der Waals surface area contributed by atoms with Crippen LogP contribution in [-0.4, -0.2) is 10.2 Å². The van der Waals surface area contributed by atoms with E-state index in [0.717, 1.165) is 24.2 Å². The molecule has 72 valence electrons. The number of nitrogens with zero attached hydrogens (tertiary/aromatic N) is 2. The van der Waals surface area contributed by atoms with Crippen LogP contribution in [0.1, 0.15) is 45.0 Å². The zero-order valence-electron chi connectivity index (χ0n) is 8.96. The molecule has 0 radical (unpaired) electrons. The minimum absolute atomic E-state index is 0.195. The third-order valence-corrected chi connectivity index (χ3v) is 2.98. The van der Waals surface area contributed by atoms with Crippen molar-refractivity contribution in [2.75, 3.05) is 0 Å². The van der Waals surface area contributed by atoms with Gasteiger partial charge in [-0.15, -0.1) is 0 Å². The van der Waals surface area contributed by atoms with Gasteiger partial charge in [0.1, 0.15) is 0 Å². The molecular formula is C11H18N2. The van der Waals surface area contributed by atoms with Gasteiger partial charge in [0, 0.05) is 5.41 Å². The number of rotatable bonds is 3. The maximum Gasteiger partial charge on any atom is 0.0689 e. The first-order chi connectivity index (χ1) is 6.12. The summed E-state index contributed by atoms with van der Waals surface area (Å²) in [6.45, 7) is 8.61. The van der Waals surface area contributed by atoms with Gasteiger partial charge in [0.05, 0.1) is 11.4 Å². The Hall–Kier alpha value is -0.920. The number of aryl methyl sites for hydroxylation is 1. The van der Waals surface area contributed by atoms with Gasteiger partial charge < -0.3 is 0 Å². The standard InChI is InChI=1S/C11H18N2/c1-5-11(4,6-2)10-8-7-9(3)12-13-10/h7-8H,5-6H2,1-4H3. The predicted molar refractivity (Wildman–Crippen MR) is 54.7 cm³/mol. The van der Waals surface area contributed by atoms with E-state index in [9.17, 15) is 0 Å². The second-order valence-electron chi connectivity index (χ2n) is 3.83. The molecule has 0 aliphatic rings. The topological polar surface area (TPSA) is 25.8 Å². The van der Waals surface area contributed by atoms with Crippen molar-refractivity contribution in [2.45, 2.75) is 46.0 Å². The first kappa shape index (κ1) is 10.2. The summed E-state index contributed by atoms with van der Waals surface area (Å²) in [6.07, 6.45) is 2.22. The summed E-state index contributed by atoms with van der Waals surface area (Å²) in [5.41, 5.74) is 2.29. The molecule has 1 aromatic rings. The van der Waals surface area contributed by atoms with Crippen molar-refractivity contribution in [3.8, 4) is 0 Å². The van der Waals surface area contributed by atoms with E-state index in [-0.39, 0.29) is 5.41 Å². The summed E-state index contributed by atoms with van der Waals surface area (Å²) in [5.74, 6) is 0. The van der Waals surface area contributed by atoms with Crippen molar-refractivity contribution >= 4 is 0 Å². The lowest BCUT2D eigenvalue weighted by Gasteiger charge is -2.25. The molecule has 0 aliphatic carbocycles. The second kappa shape index (κ2) is 3.86. The maximum absolute atomic E-state index is 4.24. The van der Waals surface area contributed by atoms with Crippen molar-refractivity contribution in [2.24, 2.45) is 0 Å². The van der Waals surface area contributed by atoms with Crippen LogP contribution in [0.3, 0.4) is 0 Å². The lowest BCUT2D eigenvalue weighted by Crippen LogP contribution is -2.21. The van der Waals surface area contributed by atoms with E-state index >= 15 is 0 Å².